The molecule has 2 aliphatic heterocycles. The van der Waals surface area contributed by atoms with E-state index in [0.717, 1.165) is 16.0 Å². The molecule has 0 spiro atoms. The minimum atomic E-state index is -4.16. The fourth-order valence-electron chi connectivity index (χ4n) is 8.04. The number of amides is 6. The lowest BCUT2D eigenvalue weighted by atomic mass is 9.81. The zero-order chi connectivity index (χ0) is 49.3. The second kappa shape index (κ2) is 25.4. The molecule has 17 nitrogen and oxygen atoms in total. The molecular weight excluding hydrogens is 908 g/mol. The van der Waals surface area contributed by atoms with Gasteiger partial charge in [-0.1, -0.05) is 36.4 Å². The lowest BCUT2D eigenvalue weighted by Crippen LogP contribution is -2.54. The number of alkyl halides is 3. The van der Waals surface area contributed by atoms with Gasteiger partial charge in [0, 0.05) is 32.1 Å². The number of allylic oxidation sites excluding steroid dienone is 1. The summed E-state index contributed by atoms with van der Waals surface area (Å²) < 4.78 is 72.6. The molecule has 0 radical (unpaired) electrons. The highest BCUT2D eigenvalue weighted by Gasteiger charge is 2.45. The van der Waals surface area contributed by atoms with Crippen LogP contribution in [0.25, 0.3) is 6.08 Å². The van der Waals surface area contributed by atoms with Gasteiger partial charge in [-0.3, -0.25) is 39.0 Å². The number of carbonyl (C=O) groups is 6. The molecule has 3 aliphatic rings. The van der Waals surface area contributed by atoms with Gasteiger partial charge in [0.1, 0.15) is 29.8 Å². The number of nitrogens with one attached hydrogen (secondary N) is 2. The summed E-state index contributed by atoms with van der Waals surface area (Å²) in [4.78, 5) is 82.3. The van der Waals surface area contributed by atoms with Crippen LogP contribution in [0.1, 0.15) is 86.4 Å². The number of fused-ring (bicyclic) bond motifs is 1. The fourth-order valence-corrected chi connectivity index (χ4v) is 8.04. The van der Waals surface area contributed by atoms with Gasteiger partial charge in [0.2, 0.25) is 17.7 Å². The molecule has 2 N–H and O–H groups in total. The molecule has 1 unspecified atom stereocenters. The first-order valence-electron chi connectivity index (χ1n) is 22.9. The Labute approximate surface area is 398 Å². The summed E-state index contributed by atoms with van der Waals surface area (Å²) in [5.41, 5.74) is 2.64. The molecule has 3 heterocycles. The number of ether oxygens (including phenoxy) is 6. The molecular formula is C49H58F3N5O12. The molecule has 6 amide bonds. The van der Waals surface area contributed by atoms with Crippen LogP contribution in [0.4, 0.5) is 13.2 Å². The summed E-state index contributed by atoms with van der Waals surface area (Å²) >= 11 is 0. The number of benzene rings is 2. The molecule has 6 rings (SSSR count). The largest absolute Gasteiger partial charge is 0.495 e. The number of rotatable bonds is 25. The lowest BCUT2D eigenvalue weighted by Gasteiger charge is -2.28. The zero-order valence-electron chi connectivity index (χ0n) is 38.7. The predicted molar refractivity (Wildman–Crippen MR) is 242 cm³/mol. The number of halogens is 3. The van der Waals surface area contributed by atoms with Crippen LogP contribution >= 0.6 is 0 Å². The Morgan fingerprint density at radius 1 is 0.826 bits per heavy atom. The number of hydrogen-bond donors (Lipinski definition) is 2. The molecule has 1 aliphatic carbocycles. The van der Waals surface area contributed by atoms with Crippen molar-refractivity contribution in [2.75, 3.05) is 80.2 Å². The highest BCUT2D eigenvalue weighted by molar-refractivity contribution is 6.23. The van der Waals surface area contributed by atoms with E-state index in [1.807, 2.05) is 30.3 Å². The Morgan fingerprint density at radius 3 is 2.14 bits per heavy atom. The molecule has 3 aromatic rings. The van der Waals surface area contributed by atoms with Crippen LogP contribution in [0.15, 0.2) is 60.8 Å². The van der Waals surface area contributed by atoms with Crippen LogP contribution in [0.2, 0.25) is 0 Å². The first kappa shape index (κ1) is 52.2. The first-order valence-corrected chi connectivity index (χ1v) is 22.9. The topological polar surface area (TPSA) is 201 Å². The molecule has 1 saturated carbocycles. The van der Waals surface area contributed by atoms with Crippen LogP contribution in [0.5, 0.6) is 11.5 Å². The monoisotopic (exact) mass is 965 g/mol. The maximum Gasteiger partial charge on any atom is 0.391 e. The van der Waals surface area contributed by atoms with Crippen molar-refractivity contribution in [2.45, 2.75) is 63.7 Å². The second-order valence-corrected chi connectivity index (χ2v) is 16.8. The minimum Gasteiger partial charge on any atom is -0.495 e. The molecule has 0 bridgehead atoms. The standard InChI is InChI=1S/C49H58F3N5O12/c1-56(44(59)27-33-4-3-5-34(26-33)30-54-45(60)40-28-35(42(64-2)31-53-40)9-6-32-7-10-36(11-8-32)49(50,51)52)16-17-65-18-19-66-20-21-67-22-23-68-24-25-69-37-12-13-38-39(29-37)48(63)57(47(38)62)41-14-15-43(58)55-46(41)61/h3-6,9,12-13,26,28-29,31-32,36,41H,7-8,10-11,14-25,27,30H2,1-2H3,(H,54,60)(H,55,58,61)/b9-6+. The maximum atomic E-state index is 13.1. The summed E-state index contributed by atoms with van der Waals surface area (Å²) in [6.45, 7) is 3.37. The molecule has 20 heteroatoms. The van der Waals surface area contributed by atoms with Gasteiger partial charge in [-0.05, 0) is 73.4 Å². The van der Waals surface area contributed by atoms with Gasteiger partial charge in [-0.15, -0.1) is 0 Å². The Hall–Kier alpha value is -6.22. The van der Waals surface area contributed by atoms with Crippen LogP contribution < -0.4 is 20.1 Å². The molecule has 1 aromatic heterocycles. The van der Waals surface area contributed by atoms with Crippen molar-refractivity contribution in [2.24, 2.45) is 11.8 Å². The summed E-state index contributed by atoms with van der Waals surface area (Å²) in [6.07, 6.45) is 2.28. The van der Waals surface area contributed by atoms with Crippen molar-refractivity contribution >= 4 is 41.5 Å². The van der Waals surface area contributed by atoms with Crippen molar-refractivity contribution in [3.05, 3.63) is 94.3 Å². The Morgan fingerprint density at radius 2 is 1.48 bits per heavy atom. The molecule has 2 aromatic carbocycles. The van der Waals surface area contributed by atoms with E-state index in [9.17, 15) is 41.9 Å². The molecule has 69 heavy (non-hydrogen) atoms. The van der Waals surface area contributed by atoms with Gasteiger partial charge < -0.3 is 38.6 Å². The van der Waals surface area contributed by atoms with E-state index in [-0.39, 0.29) is 80.5 Å². The van der Waals surface area contributed by atoms with Gasteiger partial charge in [0.25, 0.3) is 17.7 Å². The first-order chi connectivity index (χ1) is 33.2. The van der Waals surface area contributed by atoms with Gasteiger partial charge in [-0.2, -0.15) is 13.2 Å². The van der Waals surface area contributed by atoms with E-state index >= 15 is 0 Å². The van der Waals surface area contributed by atoms with Crippen molar-refractivity contribution in [3.63, 3.8) is 0 Å². The van der Waals surface area contributed by atoms with Gasteiger partial charge in [0.05, 0.1) is 89.6 Å². The molecule has 372 valence electrons. The second-order valence-electron chi connectivity index (χ2n) is 16.8. The average molecular weight is 966 g/mol. The quantitative estimate of drug-likeness (QED) is 0.0855. The van der Waals surface area contributed by atoms with Crippen LogP contribution in [0.3, 0.4) is 0 Å². The highest BCUT2D eigenvalue weighted by atomic mass is 19.4. The third kappa shape index (κ3) is 15.1. The lowest BCUT2D eigenvalue weighted by molar-refractivity contribution is -0.183. The van der Waals surface area contributed by atoms with Gasteiger partial charge in [0.15, 0.2) is 0 Å². The van der Waals surface area contributed by atoms with E-state index < -0.39 is 47.7 Å². The zero-order valence-corrected chi connectivity index (χ0v) is 38.7. The van der Waals surface area contributed by atoms with E-state index in [2.05, 4.69) is 15.6 Å². The van der Waals surface area contributed by atoms with Crippen molar-refractivity contribution in [3.8, 4) is 11.5 Å². The van der Waals surface area contributed by atoms with Crippen LogP contribution in [-0.4, -0.2) is 143 Å². The smallest absolute Gasteiger partial charge is 0.391 e. The van der Waals surface area contributed by atoms with E-state index in [1.54, 1.807) is 30.2 Å². The number of hydrogen-bond acceptors (Lipinski definition) is 13. The number of aromatic nitrogens is 1. The highest BCUT2D eigenvalue weighted by Crippen LogP contribution is 2.40. The summed E-state index contributed by atoms with van der Waals surface area (Å²) in [5, 5.41) is 5.03. The minimum absolute atomic E-state index is 0.00291. The summed E-state index contributed by atoms with van der Waals surface area (Å²) in [5.74, 6) is -3.26. The number of piperidine rings is 1. The number of carbonyl (C=O) groups excluding carboxylic acids is 6. The fraction of sp³-hybridized carbons (Fsp3) is 0.490. The van der Waals surface area contributed by atoms with E-state index in [0.29, 0.717) is 82.7 Å². The number of pyridine rings is 1. The maximum absolute atomic E-state index is 13.1. The number of likely N-dealkylation sites (N-methyl/N-ethyl adjacent to an activating group) is 1. The average Bonchev–Trinajstić information content (AvgIpc) is 3.58. The van der Waals surface area contributed by atoms with Crippen molar-refractivity contribution in [1.29, 1.82) is 0 Å². The summed E-state index contributed by atoms with van der Waals surface area (Å²) in [6, 6.07) is 12.4. The molecule has 2 fully saturated rings. The van der Waals surface area contributed by atoms with Gasteiger partial charge >= 0.3 is 6.18 Å². The number of imide groups is 2. The number of methoxy groups -OCH3 is 1. The van der Waals surface area contributed by atoms with Crippen molar-refractivity contribution < 1.29 is 70.4 Å². The Kier molecular flexibility index (Phi) is 19.2. The Balaban J connectivity index is 0.774. The third-order valence-corrected chi connectivity index (χ3v) is 12.0. The summed E-state index contributed by atoms with van der Waals surface area (Å²) in [7, 11) is 3.18. The van der Waals surface area contributed by atoms with E-state index in [4.69, 9.17) is 28.4 Å². The normalized spacial score (nSPS) is 18.3. The Bertz CT molecular complexity index is 2320. The van der Waals surface area contributed by atoms with E-state index in [1.165, 1.54) is 25.4 Å². The SMILES string of the molecule is COc1cnc(C(=O)NCc2cccc(CC(=O)N(C)CCOCCOCCOCCOCCOc3ccc4c(c3)C(=O)N(C3CCC(=O)NC3=O)C4=O)c2)cc1/C=C/C1CCC(C(F)(F)F)CC1. The van der Waals surface area contributed by atoms with Crippen LogP contribution in [-0.2, 0) is 46.3 Å². The molecule has 1 saturated heterocycles. The van der Waals surface area contributed by atoms with Crippen molar-refractivity contribution in [1.82, 2.24) is 25.4 Å². The van der Waals surface area contributed by atoms with Gasteiger partial charge in [-0.25, -0.2) is 4.98 Å². The van der Waals surface area contributed by atoms with Crippen LogP contribution in [0, 0.1) is 11.8 Å². The predicted octanol–water partition coefficient (Wildman–Crippen LogP) is 4.95. The molecule has 1 atom stereocenters. The number of nitrogens with zero attached hydrogens (tertiary/aromatic N) is 3. The third-order valence-electron chi connectivity index (χ3n) is 12.0.